The van der Waals surface area contributed by atoms with Crippen molar-refractivity contribution in [1.29, 1.82) is 0 Å². The van der Waals surface area contributed by atoms with Gasteiger partial charge in [0.05, 0.1) is 7.11 Å². The van der Waals surface area contributed by atoms with Gasteiger partial charge in [-0.3, -0.25) is 4.79 Å². The second kappa shape index (κ2) is 3.81. The number of rotatable bonds is 2. The molecule has 0 heterocycles. The van der Waals surface area contributed by atoms with Crippen molar-refractivity contribution in [3.8, 4) is 0 Å². The smallest absolute Gasteiger partial charge is 0.293 e. The Balaban J connectivity index is 2.58. The summed E-state index contributed by atoms with van der Waals surface area (Å²) >= 11 is 0. The van der Waals surface area contributed by atoms with Crippen molar-refractivity contribution in [3.63, 3.8) is 0 Å². The Morgan fingerprint density at radius 3 is 2.55 bits per heavy atom. The Bertz CT molecular complexity index is 233. The molecule has 0 fully saturated rings. The average Bonchev–Trinajstić information content (AvgIpc) is 2.06. The Hall–Kier alpha value is -1.25. The topological polar surface area (TPSA) is 26.3 Å². The van der Waals surface area contributed by atoms with Crippen LogP contribution in [-0.4, -0.2) is 20.3 Å². The highest BCUT2D eigenvalue weighted by molar-refractivity contribution is 6.82. The minimum Gasteiger partial charge on any atom is -0.477 e. The molecule has 1 rings (SSSR count). The van der Waals surface area contributed by atoms with Crippen LogP contribution in [0.15, 0.2) is 30.3 Å². The summed E-state index contributed by atoms with van der Waals surface area (Å²) in [5, 5.41) is 0. The van der Waals surface area contributed by atoms with Crippen LogP contribution in [0.2, 0.25) is 0 Å². The first kappa shape index (κ1) is 7.86. The molecule has 56 valence electrons. The van der Waals surface area contributed by atoms with Gasteiger partial charge < -0.3 is 4.74 Å². The maximum Gasteiger partial charge on any atom is 0.293 e. The molecule has 2 nitrogen and oxygen atoms in total. The van der Waals surface area contributed by atoms with Gasteiger partial charge in [-0.25, -0.2) is 0 Å². The van der Waals surface area contributed by atoms with Gasteiger partial charge in [-0.1, -0.05) is 35.8 Å². The first-order chi connectivity index (χ1) is 5.33. The SMILES string of the molecule is COC(=O)Bc1ccccc1. The molecule has 0 saturated carbocycles. The summed E-state index contributed by atoms with van der Waals surface area (Å²) in [6, 6.07) is 9.52. The first-order valence-electron chi connectivity index (χ1n) is 3.43. The highest BCUT2D eigenvalue weighted by Gasteiger charge is 2.03. The average molecular weight is 148 g/mol. The summed E-state index contributed by atoms with van der Waals surface area (Å²) in [7, 11) is 1.75. The normalized spacial score (nSPS) is 8.82. The van der Waals surface area contributed by atoms with Gasteiger partial charge in [0.1, 0.15) is 0 Å². The van der Waals surface area contributed by atoms with Crippen molar-refractivity contribution in [2.45, 2.75) is 0 Å². The molecule has 0 bridgehead atoms. The second-order valence-corrected chi connectivity index (χ2v) is 2.24. The van der Waals surface area contributed by atoms with E-state index in [4.69, 9.17) is 0 Å². The lowest BCUT2D eigenvalue weighted by Gasteiger charge is -1.95. The molecule has 1 aromatic carbocycles. The van der Waals surface area contributed by atoms with Crippen molar-refractivity contribution in [3.05, 3.63) is 30.3 Å². The lowest BCUT2D eigenvalue weighted by atomic mass is 9.71. The van der Waals surface area contributed by atoms with E-state index in [9.17, 15) is 4.79 Å². The van der Waals surface area contributed by atoms with Crippen LogP contribution < -0.4 is 5.46 Å². The van der Waals surface area contributed by atoms with Crippen LogP contribution in [0.5, 0.6) is 0 Å². The maximum atomic E-state index is 10.8. The summed E-state index contributed by atoms with van der Waals surface area (Å²) in [6.45, 7) is 0. The molecular formula is C8H9BO2. The van der Waals surface area contributed by atoms with E-state index in [0.29, 0.717) is 7.28 Å². The third-order valence-corrected chi connectivity index (χ3v) is 1.42. The van der Waals surface area contributed by atoms with E-state index >= 15 is 0 Å². The summed E-state index contributed by atoms with van der Waals surface area (Å²) in [4.78, 5) is 10.8. The van der Waals surface area contributed by atoms with Gasteiger partial charge in [-0.15, -0.1) is 0 Å². The van der Waals surface area contributed by atoms with Crippen LogP contribution in [-0.2, 0) is 4.74 Å². The van der Waals surface area contributed by atoms with Gasteiger partial charge in [0.2, 0.25) is 0 Å². The number of carbonyl (C=O) groups is 1. The molecule has 0 aliphatic carbocycles. The summed E-state index contributed by atoms with van der Waals surface area (Å²) in [6.07, 6.45) is 0. The molecule has 0 atom stereocenters. The zero-order chi connectivity index (χ0) is 8.10. The monoisotopic (exact) mass is 148 g/mol. The fraction of sp³-hybridized carbons (Fsp3) is 0.125. The van der Waals surface area contributed by atoms with Gasteiger partial charge in [0.15, 0.2) is 0 Å². The Kier molecular flexibility index (Phi) is 2.72. The quantitative estimate of drug-likeness (QED) is 0.571. The molecule has 0 saturated heterocycles. The number of ether oxygens (including phenoxy) is 1. The van der Waals surface area contributed by atoms with Gasteiger partial charge >= 0.3 is 0 Å². The molecule has 0 aromatic heterocycles. The molecule has 0 spiro atoms. The van der Waals surface area contributed by atoms with Crippen molar-refractivity contribution < 1.29 is 9.53 Å². The summed E-state index contributed by atoms with van der Waals surface area (Å²) in [5.41, 5.74) is 0.986. The largest absolute Gasteiger partial charge is 0.477 e. The third kappa shape index (κ3) is 2.46. The lowest BCUT2D eigenvalue weighted by molar-refractivity contribution is 0.198. The van der Waals surface area contributed by atoms with Crippen LogP contribution in [0.25, 0.3) is 0 Å². The van der Waals surface area contributed by atoms with E-state index in [0.717, 1.165) is 5.46 Å². The van der Waals surface area contributed by atoms with Gasteiger partial charge in [0.25, 0.3) is 13.1 Å². The molecule has 0 radical (unpaired) electrons. The van der Waals surface area contributed by atoms with Crippen molar-refractivity contribution in [1.82, 2.24) is 0 Å². The zero-order valence-corrected chi connectivity index (χ0v) is 6.41. The van der Waals surface area contributed by atoms with Crippen LogP contribution in [0, 0.1) is 0 Å². The van der Waals surface area contributed by atoms with Crippen LogP contribution >= 0.6 is 0 Å². The molecule has 0 N–H and O–H groups in total. The molecule has 0 amide bonds. The number of benzene rings is 1. The Labute approximate surface area is 66.4 Å². The van der Waals surface area contributed by atoms with E-state index in [2.05, 4.69) is 4.74 Å². The lowest BCUT2D eigenvalue weighted by Crippen LogP contribution is -2.22. The molecular weight excluding hydrogens is 139 g/mol. The van der Waals surface area contributed by atoms with Crippen LogP contribution in [0.1, 0.15) is 0 Å². The minimum absolute atomic E-state index is 0.198. The standard InChI is InChI=1S/C8H9BO2/c1-11-8(10)9-7-5-3-2-4-6-7/h2-6,9H,1H3. The Morgan fingerprint density at radius 1 is 1.36 bits per heavy atom. The highest BCUT2D eigenvalue weighted by Crippen LogP contribution is 1.82. The van der Waals surface area contributed by atoms with E-state index in [-0.39, 0.29) is 5.87 Å². The van der Waals surface area contributed by atoms with E-state index in [1.807, 2.05) is 30.3 Å². The van der Waals surface area contributed by atoms with Gasteiger partial charge in [-0.2, -0.15) is 0 Å². The van der Waals surface area contributed by atoms with E-state index in [1.165, 1.54) is 7.11 Å². The predicted molar refractivity (Wildman–Crippen MR) is 45.6 cm³/mol. The fourth-order valence-corrected chi connectivity index (χ4v) is 0.835. The van der Waals surface area contributed by atoms with Gasteiger partial charge in [-0.05, 0) is 0 Å². The van der Waals surface area contributed by atoms with Crippen molar-refractivity contribution >= 4 is 18.6 Å². The number of hydrogen-bond donors (Lipinski definition) is 0. The van der Waals surface area contributed by atoms with E-state index < -0.39 is 0 Å². The highest BCUT2D eigenvalue weighted by atomic mass is 16.5. The fourth-order valence-electron chi connectivity index (χ4n) is 0.835. The number of carbonyl (C=O) groups excluding carboxylic acids is 1. The number of hydrogen-bond acceptors (Lipinski definition) is 2. The summed E-state index contributed by atoms with van der Waals surface area (Å²) in [5.74, 6) is -0.198. The molecule has 0 aliphatic heterocycles. The molecule has 3 heteroatoms. The molecule has 0 unspecified atom stereocenters. The third-order valence-electron chi connectivity index (χ3n) is 1.42. The summed E-state index contributed by atoms with van der Waals surface area (Å²) < 4.78 is 4.52. The predicted octanol–water partition coefficient (Wildman–Crippen LogP) is 0.515. The maximum absolute atomic E-state index is 10.8. The van der Waals surface area contributed by atoms with E-state index in [1.54, 1.807) is 0 Å². The van der Waals surface area contributed by atoms with Crippen LogP contribution in [0.4, 0.5) is 4.79 Å². The second-order valence-electron chi connectivity index (χ2n) is 2.24. The van der Waals surface area contributed by atoms with Crippen molar-refractivity contribution in [2.75, 3.05) is 7.11 Å². The molecule has 11 heavy (non-hydrogen) atoms. The zero-order valence-electron chi connectivity index (χ0n) is 6.41. The number of methoxy groups -OCH3 is 1. The van der Waals surface area contributed by atoms with Gasteiger partial charge in [0, 0.05) is 0 Å². The first-order valence-corrected chi connectivity index (χ1v) is 3.43. The van der Waals surface area contributed by atoms with Crippen LogP contribution in [0.3, 0.4) is 0 Å². The molecule has 0 aliphatic rings. The van der Waals surface area contributed by atoms with Crippen molar-refractivity contribution in [2.24, 2.45) is 0 Å². The Morgan fingerprint density at radius 2 is 2.00 bits per heavy atom. The molecule has 1 aromatic rings. The minimum atomic E-state index is -0.198.